The fourth-order valence-corrected chi connectivity index (χ4v) is 6.30. The van der Waals surface area contributed by atoms with Crippen molar-refractivity contribution in [2.24, 2.45) is 11.3 Å². The van der Waals surface area contributed by atoms with E-state index in [0.29, 0.717) is 38.7 Å². The van der Waals surface area contributed by atoms with Gasteiger partial charge in [-0.25, -0.2) is 9.78 Å². The van der Waals surface area contributed by atoms with Gasteiger partial charge in [0.1, 0.15) is 17.2 Å². The Morgan fingerprint density at radius 1 is 1.11 bits per heavy atom. The number of carbonyl (C=O) groups is 1. The average molecular weight is 527 g/mol. The summed E-state index contributed by atoms with van der Waals surface area (Å²) in [6.45, 7) is 1.76. The second kappa shape index (κ2) is 9.27. The highest BCUT2D eigenvalue weighted by atomic mass is 35.5. The maximum absolute atomic E-state index is 11.3. The van der Waals surface area contributed by atoms with Gasteiger partial charge in [-0.05, 0) is 74.1 Å². The van der Waals surface area contributed by atoms with E-state index in [9.17, 15) is 9.90 Å². The van der Waals surface area contributed by atoms with E-state index in [4.69, 9.17) is 27.7 Å². The van der Waals surface area contributed by atoms with Crippen molar-refractivity contribution in [1.29, 1.82) is 0 Å². The summed E-state index contributed by atoms with van der Waals surface area (Å²) < 4.78 is 5.82. The number of pyridine rings is 1. The highest BCUT2D eigenvalue weighted by Gasteiger charge is 2.46. The second-order valence-corrected chi connectivity index (χ2v) is 11.3. The van der Waals surface area contributed by atoms with Crippen LogP contribution in [-0.4, -0.2) is 40.3 Å². The van der Waals surface area contributed by atoms with E-state index < -0.39 is 5.97 Å². The number of anilines is 2. The Bertz CT molecular complexity index is 1270. The number of piperidine rings is 1. The molecule has 6 rings (SSSR count). The summed E-state index contributed by atoms with van der Waals surface area (Å²) in [6, 6.07) is 11.0. The van der Waals surface area contributed by atoms with Crippen LogP contribution < -0.4 is 10.2 Å². The van der Waals surface area contributed by atoms with E-state index in [0.717, 1.165) is 62.5 Å². The Morgan fingerprint density at radius 3 is 2.47 bits per heavy atom. The fraction of sp³-hybridized carbons (Fsp3) is 0.444. The Morgan fingerprint density at radius 2 is 1.81 bits per heavy atom. The van der Waals surface area contributed by atoms with Crippen molar-refractivity contribution < 1.29 is 14.4 Å². The molecule has 188 valence electrons. The van der Waals surface area contributed by atoms with Crippen molar-refractivity contribution in [3.8, 4) is 11.3 Å². The van der Waals surface area contributed by atoms with E-state index in [-0.39, 0.29) is 5.69 Å². The summed E-state index contributed by atoms with van der Waals surface area (Å²) in [7, 11) is 0. The van der Waals surface area contributed by atoms with Gasteiger partial charge < -0.3 is 19.8 Å². The number of rotatable bonds is 7. The Balaban J connectivity index is 1.14. The van der Waals surface area contributed by atoms with Gasteiger partial charge in [0.05, 0.1) is 10.0 Å². The van der Waals surface area contributed by atoms with E-state index >= 15 is 0 Å². The predicted octanol–water partition coefficient (Wildman–Crippen LogP) is 6.56. The van der Waals surface area contributed by atoms with Crippen molar-refractivity contribution >= 4 is 40.7 Å². The molecular formula is C27H28Cl2N4O3. The van der Waals surface area contributed by atoms with Crippen molar-refractivity contribution in [3.63, 3.8) is 0 Å². The number of hydrogen-bond acceptors (Lipinski definition) is 6. The molecule has 2 aromatic heterocycles. The molecule has 36 heavy (non-hydrogen) atoms. The van der Waals surface area contributed by atoms with Gasteiger partial charge in [0, 0.05) is 31.1 Å². The third-order valence-electron chi connectivity index (χ3n) is 7.94. The van der Waals surface area contributed by atoms with Gasteiger partial charge >= 0.3 is 5.97 Å². The lowest BCUT2D eigenvalue weighted by atomic mass is 9.60. The minimum Gasteiger partial charge on any atom is -0.477 e. The molecule has 1 aromatic carbocycles. The average Bonchev–Trinajstić information content (AvgIpc) is 3.59. The number of hydrogen-bond donors (Lipinski definition) is 2. The van der Waals surface area contributed by atoms with Gasteiger partial charge in [-0.3, -0.25) is 0 Å². The van der Waals surface area contributed by atoms with Crippen molar-refractivity contribution in [1.82, 2.24) is 10.1 Å². The fourth-order valence-electron chi connectivity index (χ4n) is 5.72. The van der Waals surface area contributed by atoms with Crippen LogP contribution in [0.1, 0.15) is 54.8 Å². The summed E-state index contributed by atoms with van der Waals surface area (Å²) in [6.07, 6.45) is 7.62. The van der Waals surface area contributed by atoms with Gasteiger partial charge in [0.15, 0.2) is 11.5 Å². The number of carboxylic acid groups (broad SMARTS) is 1. The predicted molar refractivity (Wildman–Crippen MR) is 140 cm³/mol. The van der Waals surface area contributed by atoms with Crippen LogP contribution in [0.3, 0.4) is 0 Å². The molecule has 0 radical (unpaired) electrons. The van der Waals surface area contributed by atoms with Gasteiger partial charge in [0.2, 0.25) is 0 Å². The molecule has 2 N–H and O–H groups in total. The first-order chi connectivity index (χ1) is 17.4. The smallest absolute Gasteiger partial charge is 0.354 e. The van der Waals surface area contributed by atoms with Crippen LogP contribution in [0.25, 0.3) is 11.3 Å². The highest BCUT2D eigenvalue weighted by Crippen LogP contribution is 2.52. The zero-order valence-corrected chi connectivity index (χ0v) is 21.4. The lowest BCUT2D eigenvalue weighted by molar-refractivity contribution is 0.0689. The van der Waals surface area contributed by atoms with Gasteiger partial charge in [0.25, 0.3) is 0 Å². The van der Waals surface area contributed by atoms with Crippen LogP contribution in [0.2, 0.25) is 10.0 Å². The van der Waals surface area contributed by atoms with Crippen LogP contribution in [0.5, 0.6) is 0 Å². The van der Waals surface area contributed by atoms with E-state index in [2.05, 4.69) is 20.4 Å². The first-order valence-corrected chi connectivity index (χ1v) is 13.3. The van der Waals surface area contributed by atoms with Crippen LogP contribution in [-0.2, 0) is 6.42 Å². The molecule has 1 aliphatic heterocycles. The summed E-state index contributed by atoms with van der Waals surface area (Å²) >= 11 is 13.0. The molecule has 2 saturated carbocycles. The lowest BCUT2D eigenvalue weighted by Crippen LogP contribution is -2.51. The number of nitrogens with one attached hydrogen (secondary N) is 1. The lowest BCUT2D eigenvalue weighted by Gasteiger charge is -2.52. The summed E-state index contributed by atoms with van der Waals surface area (Å²) in [5, 5.41) is 18.5. The minimum absolute atomic E-state index is 0.0887. The second-order valence-electron chi connectivity index (χ2n) is 10.5. The summed E-state index contributed by atoms with van der Waals surface area (Å²) in [5.41, 5.74) is 2.73. The molecule has 3 aliphatic rings. The van der Waals surface area contributed by atoms with Crippen molar-refractivity contribution in [3.05, 3.63) is 57.9 Å². The summed E-state index contributed by atoms with van der Waals surface area (Å²) in [5.74, 6) is 1.31. The normalized spacial score (nSPS) is 19.3. The molecule has 0 atom stereocenters. The van der Waals surface area contributed by atoms with Crippen molar-refractivity contribution in [2.75, 3.05) is 23.3 Å². The molecule has 0 unspecified atom stereocenters. The molecule has 7 nitrogen and oxygen atoms in total. The maximum atomic E-state index is 11.3. The topological polar surface area (TPSA) is 91.5 Å². The first kappa shape index (κ1) is 23.6. The monoisotopic (exact) mass is 526 g/mol. The largest absolute Gasteiger partial charge is 0.477 e. The molecule has 0 bridgehead atoms. The molecule has 3 aromatic rings. The number of halogens is 2. The maximum Gasteiger partial charge on any atom is 0.354 e. The Kier molecular flexibility index (Phi) is 6.08. The van der Waals surface area contributed by atoms with Gasteiger partial charge in [-0.15, -0.1) is 0 Å². The minimum atomic E-state index is -0.995. The van der Waals surface area contributed by atoms with Crippen LogP contribution >= 0.6 is 23.2 Å². The Labute approximate surface area is 219 Å². The molecule has 0 amide bonds. The van der Waals surface area contributed by atoms with E-state index in [1.54, 1.807) is 6.07 Å². The van der Waals surface area contributed by atoms with Crippen molar-refractivity contribution in [2.45, 2.75) is 51.0 Å². The molecular weight excluding hydrogens is 499 g/mol. The molecule has 2 aliphatic carbocycles. The van der Waals surface area contributed by atoms with Crippen LogP contribution in [0.15, 0.2) is 40.9 Å². The van der Waals surface area contributed by atoms with Crippen LogP contribution in [0.4, 0.5) is 11.5 Å². The zero-order valence-electron chi connectivity index (χ0n) is 19.8. The number of aromatic nitrogens is 2. The van der Waals surface area contributed by atoms with Gasteiger partial charge in [-0.2, -0.15) is 0 Å². The number of benzene rings is 1. The van der Waals surface area contributed by atoms with E-state index in [1.165, 1.54) is 18.9 Å². The molecule has 3 heterocycles. The zero-order chi connectivity index (χ0) is 24.9. The number of nitrogens with zero attached hydrogens (tertiary/aromatic N) is 3. The van der Waals surface area contributed by atoms with Crippen LogP contribution in [0, 0.1) is 11.3 Å². The molecule has 1 saturated heterocycles. The third kappa shape index (κ3) is 4.55. The summed E-state index contributed by atoms with van der Waals surface area (Å²) in [4.78, 5) is 17.8. The third-order valence-corrected chi connectivity index (χ3v) is 8.57. The van der Waals surface area contributed by atoms with E-state index in [1.807, 2.05) is 24.3 Å². The molecule has 3 fully saturated rings. The first-order valence-electron chi connectivity index (χ1n) is 12.6. The molecule has 1 spiro atoms. The standard InChI is InChI=1S/C27H28Cl2N4O3/c28-18-3-1-4-19(29)23(18)25-24(21(36-32-25)13-16-7-8-16)30-17-14-27(15-17)9-11-33(12-10-27)22-6-2-5-20(31-22)26(34)35/h1-6,16-17,30H,7-15H2,(H,34,35). The number of aromatic carboxylic acids is 1. The SMILES string of the molecule is O=C(O)c1cccc(N2CCC3(CC2)CC(Nc2c(-c4c(Cl)cccc4Cl)noc2CC2CC2)C3)n1. The number of carboxylic acids is 1. The highest BCUT2D eigenvalue weighted by molar-refractivity contribution is 6.39. The Hall–Kier alpha value is -2.77. The quantitative estimate of drug-likeness (QED) is 0.360. The molecule has 9 heteroatoms. The van der Waals surface area contributed by atoms with Gasteiger partial charge in [-0.1, -0.05) is 40.5 Å².